The maximum Gasteiger partial charge on any atom is 0.0733 e. The molecule has 0 aromatic rings. The zero-order valence-electron chi connectivity index (χ0n) is 10.3. The van der Waals surface area contributed by atoms with Crippen molar-refractivity contribution >= 4 is 0 Å². The molecule has 0 spiro atoms. The molecule has 86 valence electrons. The van der Waals surface area contributed by atoms with E-state index in [0.717, 1.165) is 13.1 Å². The van der Waals surface area contributed by atoms with Crippen LogP contribution in [0.5, 0.6) is 0 Å². The minimum Gasteiger partial charge on any atom is -0.380 e. The van der Waals surface area contributed by atoms with E-state index in [1.54, 1.807) is 7.11 Å². The third kappa shape index (κ3) is 6.39. The van der Waals surface area contributed by atoms with Gasteiger partial charge < -0.3 is 10.1 Å². The van der Waals surface area contributed by atoms with Crippen molar-refractivity contribution in [3.05, 3.63) is 0 Å². The van der Waals surface area contributed by atoms with E-state index in [4.69, 9.17) is 4.74 Å². The van der Waals surface area contributed by atoms with Crippen LogP contribution in [-0.4, -0.2) is 26.3 Å². The first kappa shape index (κ1) is 13.9. The van der Waals surface area contributed by atoms with E-state index in [9.17, 15) is 0 Å². The molecule has 0 saturated carbocycles. The van der Waals surface area contributed by atoms with Crippen molar-refractivity contribution in [3.63, 3.8) is 0 Å². The monoisotopic (exact) mass is 201 g/mol. The van der Waals surface area contributed by atoms with Gasteiger partial charge in [-0.2, -0.15) is 0 Å². The lowest BCUT2D eigenvalue weighted by Gasteiger charge is -2.09. The van der Waals surface area contributed by atoms with Gasteiger partial charge in [-0.25, -0.2) is 0 Å². The summed E-state index contributed by atoms with van der Waals surface area (Å²) in [6, 6.07) is 0. The van der Waals surface area contributed by atoms with Crippen LogP contribution in [0.15, 0.2) is 0 Å². The number of hydrogen-bond donors (Lipinski definition) is 1. The van der Waals surface area contributed by atoms with E-state index in [0.29, 0.717) is 12.0 Å². The molecular weight excluding hydrogens is 174 g/mol. The van der Waals surface area contributed by atoms with Crippen LogP contribution in [0.2, 0.25) is 0 Å². The molecule has 2 nitrogen and oxygen atoms in total. The van der Waals surface area contributed by atoms with Crippen molar-refractivity contribution in [2.24, 2.45) is 5.92 Å². The Morgan fingerprint density at radius 3 is 1.93 bits per heavy atom. The maximum absolute atomic E-state index is 5.16. The van der Waals surface area contributed by atoms with Gasteiger partial charge in [0, 0.05) is 20.2 Å². The second-order valence-electron chi connectivity index (χ2n) is 4.12. The van der Waals surface area contributed by atoms with Crippen LogP contribution in [-0.2, 0) is 4.74 Å². The lowest BCUT2D eigenvalue weighted by atomic mass is 10.1. The van der Waals surface area contributed by atoms with E-state index in [2.05, 4.69) is 26.1 Å². The van der Waals surface area contributed by atoms with E-state index < -0.39 is 0 Å². The largest absolute Gasteiger partial charge is 0.380 e. The zero-order chi connectivity index (χ0) is 10.8. The van der Waals surface area contributed by atoms with Gasteiger partial charge in [0.05, 0.1) is 6.10 Å². The van der Waals surface area contributed by atoms with E-state index in [1.807, 2.05) is 0 Å². The number of unbranched alkanes of at least 4 members (excludes halogenated alkanes) is 3. The van der Waals surface area contributed by atoms with Crippen molar-refractivity contribution in [3.8, 4) is 0 Å². The topological polar surface area (TPSA) is 21.3 Å². The fraction of sp³-hybridized carbons (Fsp3) is 1.00. The first-order valence-corrected chi connectivity index (χ1v) is 5.99. The van der Waals surface area contributed by atoms with Crippen molar-refractivity contribution < 1.29 is 4.74 Å². The molecule has 1 rings (SSSR count). The molecule has 2 heteroatoms. The minimum absolute atomic E-state index is 0.454. The first-order chi connectivity index (χ1) is 6.76. The standard InChI is InChI=1S/C6H13NO.C6H14/c1-5-3-7-4-6(5)8-2;1-3-5-6-4-2/h5-7H,3-4H2,1-2H3;3-6H2,1-2H3. The number of ether oxygens (including phenoxy) is 1. The van der Waals surface area contributed by atoms with Crippen LogP contribution in [0.4, 0.5) is 0 Å². The van der Waals surface area contributed by atoms with Crippen molar-refractivity contribution in [1.82, 2.24) is 5.32 Å². The Labute approximate surface area is 89.4 Å². The van der Waals surface area contributed by atoms with Crippen LogP contribution in [0.25, 0.3) is 0 Å². The molecule has 0 bridgehead atoms. The van der Waals surface area contributed by atoms with Gasteiger partial charge in [-0.05, 0) is 5.92 Å². The second-order valence-corrected chi connectivity index (χ2v) is 4.12. The summed E-state index contributed by atoms with van der Waals surface area (Å²) in [5, 5.41) is 3.25. The quantitative estimate of drug-likeness (QED) is 0.706. The maximum atomic E-state index is 5.16. The summed E-state index contributed by atoms with van der Waals surface area (Å²) < 4.78 is 5.16. The van der Waals surface area contributed by atoms with Gasteiger partial charge in [-0.15, -0.1) is 0 Å². The predicted octanol–water partition coefficient (Wildman–Crippen LogP) is 2.83. The Bertz CT molecular complexity index is 113. The third-order valence-electron chi connectivity index (χ3n) is 2.71. The van der Waals surface area contributed by atoms with Gasteiger partial charge in [0.1, 0.15) is 0 Å². The van der Waals surface area contributed by atoms with Crippen LogP contribution in [0.1, 0.15) is 46.5 Å². The molecule has 0 aromatic heterocycles. The molecule has 1 saturated heterocycles. The fourth-order valence-corrected chi connectivity index (χ4v) is 1.60. The molecule has 1 fully saturated rings. The Balaban J connectivity index is 0.000000255. The Hall–Kier alpha value is -0.0800. The summed E-state index contributed by atoms with van der Waals surface area (Å²) in [5.41, 5.74) is 0. The number of nitrogens with one attached hydrogen (secondary N) is 1. The number of methoxy groups -OCH3 is 1. The molecule has 1 aliphatic heterocycles. The van der Waals surface area contributed by atoms with Crippen LogP contribution >= 0.6 is 0 Å². The fourth-order valence-electron chi connectivity index (χ4n) is 1.60. The first-order valence-electron chi connectivity index (χ1n) is 5.99. The highest BCUT2D eigenvalue weighted by molar-refractivity contribution is 4.77. The lowest BCUT2D eigenvalue weighted by molar-refractivity contribution is 0.0892. The van der Waals surface area contributed by atoms with E-state index in [-0.39, 0.29) is 0 Å². The highest BCUT2D eigenvalue weighted by atomic mass is 16.5. The third-order valence-corrected chi connectivity index (χ3v) is 2.71. The summed E-state index contributed by atoms with van der Waals surface area (Å²) in [5.74, 6) is 0.694. The summed E-state index contributed by atoms with van der Waals surface area (Å²) in [6.45, 7) is 8.80. The normalized spacial score (nSPS) is 25.7. The molecule has 0 aromatic carbocycles. The molecule has 1 heterocycles. The smallest absolute Gasteiger partial charge is 0.0733 e. The summed E-state index contributed by atoms with van der Waals surface area (Å²) in [7, 11) is 1.77. The molecule has 1 aliphatic rings. The van der Waals surface area contributed by atoms with Gasteiger partial charge >= 0.3 is 0 Å². The SMILES string of the molecule is CCCCCC.COC1CNCC1C. The van der Waals surface area contributed by atoms with E-state index >= 15 is 0 Å². The Morgan fingerprint density at radius 2 is 1.71 bits per heavy atom. The molecular formula is C12H27NO. The molecule has 2 atom stereocenters. The molecule has 0 aliphatic carbocycles. The Kier molecular flexibility index (Phi) is 9.42. The van der Waals surface area contributed by atoms with Crippen LogP contribution < -0.4 is 5.32 Å². The molecule has 2 unspecified atom stereocenters. The summed E-state index contributed by atoms with van der Waals surface area (Å²) in [4.78, 5) is 0. The molecule has 14 heavy (non-hydrogen) atoms. The highest BCUT2D eigenvalue weighted by Gasteiger charge is 2.21. The van der Waals surface area contributed by atoms with Crippen LogP contribution in [0.3, 0.4) is 0 Å². The predicted molar refractivity (Wildman–Crippen MR) is 62.6 cm³/mol. The van der Waals surface area contributed by atoms with Gasteiger partial charge in [0.2, 0.25) is 0 Å². The highest BCUT2D eigenvalue weighted by Crippen LogP contribution is 2.09. The van der Waals surface area contributed by atoms with Gasteiger partial charge in [0.25, 0.3) is 0 Å². The van der Waals surface area contributed by atoms with Gasteiger partial charge in [-0.3, -0.25) is 0 Å². The second kappa shape index (κ2) is 9.47. The molecule has 1 N–H and O–H groups in total. The zero-order valence-corrected chi connectivity index (χ0v) is 10.3. The number of rotatable bonds is 4. The van der Waals surface area contributed by atoms with Crippen molar-refractivity contribution in [2.75, 3.05) is 20.2 Å². The van der Waals surface area contributed by atoms with Gasteiger partial charge in [0.15, 0.2) is 0 Å². The lowest BCUT2D eigenvalue weighted by Crippen LogP contribution is -2.18. The number of hydrogen-bond acceptors (Lipinski definition) is 2. The van der Waals surface area contributed by atoms with Crippen molar-refractivity contribution in [2.45, 2.75) is 52.6 Å². The average molecular weight is 201 g/mol. The van der Waals surface area contributed by atoms with E-state index in [1.165, 1.54) is 25.7 Å². The molecule has 0 amide bonds. The minimum atomic E-state index is 0.454. The van der Waals surface area contributed by atoms with Crippen LogP contribution in [0, 0.1) is 5.92 Å². The summed E-state index contributed by atoms with van der Waals surface area (Å²) >= 11 is 0. The van der Waals surface area contributed by atoms with Crippen molar-refractivity contribution in [1.29, 1.82) is 0 Å². The summed E-state index contributed by atoms with van der Waals surface area (Å²) in [6.07, 6.45) is 5.99. The molecule has 0 radical (unpaired) electrons. The van der Waals surface area contributed by atoms with Gasteiger partial charge in [-0.1, -0.05) is 46.5 Å². The Morgan fingerprint density at radius 1 is 1.14 bits per heavy atom. The average Bonchev–Trinajstić information content (AvgIpc) is 2.61.